The molecule has 0 saturated carbocycles. The fourth-order valence-corrected chi connectivity index (χ4v) is 3.42. The van der Waals surface area contributed by atoms with Gasteiger partial charge < -0.3 is 9.84 Å². The fourth-order valence-electron chi connectivity index (χ4n) is 2.03. The molecule has 0 bridgehead atoms. The SMILES string of the molecule is CC[C@H](C)N1C(=O)S/C(=C/c2cc(Br)c(O)c(OC)c2)C1=O. The van der Waals surface area contributed by atoms with Crippen molar-refractivity contribution in [3.63, 3.8) is 0 Å². The molecule has 1 fully saturated rings. The Morgan fingerprint density at radius 3 is 2.73 bits per heavy atom. The highest BCUT2D eigenvalue weighted by atomic mass is 79.9. The molecular weight excluding hydrogens is 370 g/mol. The summed E-state index contributed by atoms with van der Waals surface area (Å²) >= 11 is 4.16. The van der Waals surface area contributed by atoms with Crippen molar-refractivity contribution in [2.24, 2.45) is 0 Å². The first kappa shape index (κ1) is 16.9. The summed E-state index contributed by atoms with van der Waals surface area (Å²) in [5.74, 6) is 0.00153. The number of hydrogen-bond acceptors (Lipinski definition) is 5. The molecule has 22 heavy (non-hydrogen) atoms. The summed E-state index contributed by atoms with van der Waals surface area (Å²) in [5, 5.41) is 9.54. The molecule has 0 unspecified atom stereocenters. The number of aromatic hydroxyl groups is 1. The van der Waals surface area contributed by atoms with Crippen molar-refractivity contribution in [3.8, 4) is 11.5 Å². The smallest absolute Gasteiger partial charge is 0.293 e. The predicted molar refractivity (Wildman–Crippen MR) is 89.9 cm³/mol. The van der Waals surface area contributed by atoms with Gasteiger partial charge in [0.15, 0.2) is 11.5 Å². The molecule has 1 saturated heterocycles. The van der Waals surface area contributed by atoms with Gasteiger partial charge in [-0.05, 0) is 64.8 Å². The van der Waals surface area contributed by atoms with Gasteiger partial charge in [0.05, 0.1) is 16.5 Å². The van der Waals surface area contributed by atoms with Crippen LogP contribution in [0.3, 0.4) is 0 Å². The van der Waals surface area contributed by atoms with Gasteiger partial charge in [0, 0.05) is 6.04 Å². The number of benzene rings is 1. The zero-order chi connectivity index (χ0) is 16.4. The van der Waals surface area contributed by atoms with Crippen LogP contribution in [0.2, 0.25) is 0 Å². The van der Waals surface area contributed by atoms with E-state index in [0.29, 0.717) is 27.1 Å². The molecule has 1 aromatic carbocycles. The first-order valence-corrected chi connectivity index (χ1v) is 8.33. The van der Waals surface area contributed by atoms with Crippen LogP contribution in [0.1, 0.15) is 25.8 Å². The van der Waals surface area contributed by atoms with Crippen LogP contribution in [0, 0.1) is 0 Å². The highest BCUT2D eigenvalue weighted by Crippen LogP contribution is 2.38. The number of methoxy groups -OCH3 is 1. The number of rotatable bonds is 4. The lowest BCUT2D eigenvalue weighted by Gasteiger charge is -2.19. The highest BCUT2D eigenvalue weighted by Gasteiger charge is 2.37. The molecule has 1 atom stereocenters. The Balaban J connectivity index is 2.37. The van der Waals surface area contributed by atoms with Crippen molar-refractivity contribution in [1.29, 1.82) is 0 Å². The highest BCUT2D eigenvalue weighted by molar-refractivity contribution is 9.10. The van der Waals surface area contributed by atoms with Crippen molar-refractivity contribution in [2.75, 3.05) is 7.11 Å². The van der Waals surface area contributed by atoms with E-state index < -0.39 is 0 Å². The molecule has 0 aliphatic carbocycles. The molecule has 1 heterocycles. The van der Waals surface area contributed by atoms with Gasteiger partial charge in [0.1, 0.15) is 0 Å². The van der Waals surface area contributed by atoms with E-state index >= 15 is 0 Å². The average Bonchev–Trinajstić information content (AvgIpc) is 2.76. The Morgan fingerprint density at radius 2 is 2.14 bits per heavy atom. The molecule has 2 amide bonds. The monoisotopic (exact) mass is 385 g/mol. The van der Waals surface area contributed by atoms with Gasteiger partial charge in [-0.3, -0.25) is 14.5 Å². The molecule has 118 valence electrons. The summed E-state index contributed by atoms with van der Waals surface area (Å²) in [5.41, 5.74) is 0.663. The van der Waals surface area contributed by atoms with E-state index in [2.05, 4.69) is 15.9 Å². The van der Waals surface area contributed by atoms with E-state index in [1.54, 1.807) is 18.2 Å². The number of phenols is 1. The summed E-state index contributed by atoms with van der Waals surface area (Å²) in [6.07, 6.45) is 2.34. The predicted octanol–water partition coefficient (Wildman–Crippen LogP) is 4.00. The zero-order valence-electron chi connectivity index (χ0n) is 12.4. The third-order valence-corrected chi connectivity index (χ3v) is 4.91. The molecule has 1 N–H and O–H groups in total. The van der Waals surface area contributed by atoms with Crippen LogP contribution < -0.4 is 4.74 Å². The van der Waals surface area contributed by atoms with E-state index in [4.69, 9.17) is 4.74 Å². The van der Waals surface area contributed by atoms with Crippen molar-refractivity contribution in [3.05, 3.63) is 27.1 Å². The molecule has 0 radical (unpaired) electrons. The maximum atomic E-state index is 12.4. The van der Waals surface area contributed by atoms with Crippen molar-refractivity contribution in [2.45, 2.75) is 26.3 Å². The quantitative estimate of drug-likeness (QED) is 0.793. The van der Waals surface area contributed by atoms with Gasteiger partial charge >= 0.3 is 0 Å². The second-order valence-electron chi connectivity index (χ2n) is 4.86. The number of thioether (sulfide) groups is 1. The lowest BCUT2D eigenvalue weighted by atomic mass is 10.1. The van der Waals surface area contributed by atoms with E-state index in [1.165, 1.54) is 12.0 Å². The summed E-state index contributed by atoms with van der Waals surface area (Å²) in [6, 6.07) is 3.14. The van der Waals surface area contributed by atoms with Crippen LogP contribution in [0.4, 0.5) is 4.79 Å². The first-order chi connectivity index (χ1) is 10.4. The average molecular weight is 386 g/mol. The van der Waals surface area contributed by atoms with Gasteiger partial charge in [-0.2, -0.15) is 0 Å². The number of ether oxygens (including phenoxy) is 1. The van der Waals surface area contributed by atoms with Crippen molar-refractivity contribution >= 4 is 44.9 Å². The summed E-state index contributed by atoms with van der Waals surface area (Å²) in [7, 11) is 1.45. The minimum atomic E-state index is -0.285. The minimum absolute atomic E-state index is 0.00707. The molecule has 1 aromatic rings. The number of carbonyl (C=O) groups is 2. The van der Waals surface area contributed by atoms with Crippen LogP contribution in [0.15, 0.2) is 21.5 Å². The Hall–Kier alpha value is -1.47. The molecule has 5 nitrogen and oxygen atoms in total. The zero-order valence-corrected chi connectivity index (χ0v) is 14.8. The molecular formula is C15H16BrNO4S. The number of hydrogen-bond donors (Lipinski definition) is 1. The van der Waals surface area contributed by atoms with Crippen LogP contribution in [-0.4, -0.2) is 34.3 Å². The van der Waals surface area contributed by atoms with E-state index in [9.17, 15) is 14.7 Å². The summed E-state index contributed by atoms with van der Waals surface area (Å²) in [6.45, 7) is 3.78. The molecule has 0 spiro atoms. The van der Waals surface area contributed by atoms with Crippen LogP contribution in [-0.2, 0) is 4.79 Å². The van der Waals surface area contributed by atoms with E-state index in [0.717, 1.165) is 11.8 Å². The molecule has 7 heteroatoms. The first-order valence-electron chi connectivity index (χ1n) is 6.72. The van der Waals surface area contributed by atoms with Crippen molar-refractivity contribution < 1.29 is 19.4 Å². The summed E-state index contributed by atoms with van der Waals surface area (Å²) < 4.78 is 5.53. The Labute approximate surface area is 141 Å². The standard InChI is InChI=1S/C15H16BrNO4S/c1-4-8(2)17-14(19)12(22-15(17)20)7-9-5-10(16)13(18)11(6-9)21-3/h5-8,18H,4H2,1-3H3/b12-7+/t8-/m0/s1. The number of halogens is 1. The minimum Gasteiger partial charge on any atom is -0.503 e. The number of imide groups is 1. The van der Waals surface area contributed by atoms with E-state index in [-0.39, 0.29) is 22.9 Å². The van der Waals surface area contributed by atoms with Crippen LogP contribution in [0.25, 0.3) is 6.08 Å². The molecule has 2 rings (SSSR count). The summed E-state index contributed by atoms with van der Waals surface area (Å²) in [4.78, 5) is 26.0. The normalized spacial score (nSPS) is 18.2. The van der Waals surface area contributed by atoms with Crippen LogP contribution >= 0.6 is 27.7 Å². The number of nitrogens with zero attached hydrogens (tertiary/aromatic N) is 1. The molecule has 1 aliphatic heterocycles. The molecule has 0 aromatic heterocycles. The topological polar surface area (TPSA) is 66.8 Å². The van der Waals surface area contributed by atoms with Gasteiger partial charge in [0.25, 0.3) is 11.1 Å². The Kier molecular flexibility index (Phi) is 5.18. The maximum Gasteiger partial charge on any atom is 0.293 e. The second kappa shape index (κ2) is 6.75. The van der Waals surface area contributed by atoms with Gasteiger partial charge in [-0.25, -0.2) is 0 Å². The fraction of sp³-hybridized carbons (Fsp3) is 0.333. The van der Waals surface area contributed by atoms with E-state index in [1.807, 2.05) is 13.8 Å². The number of phenolic OH excluding ortho intramolecular Hbond substituents is 1. The van der Waals surface area contributed by atoms with Crippen LogP contribution in [0.5, 0.6) is 11.5 Å². The lowest BCUT2D eigenvalue weighted by molar-refractivity contribution is -0.124. The third kappa shape index (κ3) is 3.15. The molecule has 1 aliphatic rings. The largest absolute Gasteiger partial charge is 0.503 e. The van der Waals surface area contributed by atoms with Gasteiger partial charge in [-0.15, -0.1) is 0 Å². The van der Waals surface area contributed by atoms with Crippen molar-refractivity contribution in [1.82, 2.24) is 4.90 Å². The maximum absolute atomic E-state index is 12.4. The number of amides is 2. The Bertz CT molecular complexity index is 659. The van der Waals surface area contributed by atoms with Gasteiger partial charge in [0.2, 0.25) is 0 Å². The lowest BCUT2D eigenvalue weighted by Crippen LogP contribution is -2.36. The number of carbonyl (C=O) groups excluding carboxylic acids is 2. The second-order valence-corrected chi connectivity index (χ2v) is 6.71. The third-order valence-electron chi connectivity index (χ3n) is 3.42. The Morgan fingerprint density at radius 1 is 1.45 bits per heavy atom. The van der Waals surface area contributed by atoms with Gasteiger partial charge in [-0.1, -0.05) is 6.92 Å².